The number of benzene rings is 1. The molecule has 6 nitrogen and oxygen atoms in total. The first-order valence-electron chi connectivity index (χ1n) is 8.15. The fraction of sp³-hybridized carbons (Fsp3) is 0.444. The minimum atomic E-state index is -0.225. The first-order valence-corrected chi connectivity index (χ1v) is 8.97. The van der Waals surface area contributed by atoms with E-state index < -0.39 is 0 Å². The van der Waals surface area contributed by atoms with Gasteiger partial charge in [-0.2, -0.15) is 4.99 Å². The molecule has 0 aliphatic carbocycles. The normalized spacial score (nSPS) is 25.3. The highest BCUT2D eigenvalue weighted by atomic mass is 32.2. The second-order valence-corrected chi connectivity index (χ2v) is 7.06. The zero-order chi connectivity index (χ0) is 18.0. The van der Waals surface area contributed by atoms with Crippen LogP contribution < -0.4 is 9.47 Å². The lowest BCUT2D eigenvalue weighted by atomic mass is 10.1. The van der Waals surface area contributed by atoms with Gasteiger partial charge in [0.05, 0.1) is 31.3 Å². The Kier molecular flexibility index (Phi) is 5.34. The summed E-state index contributed by atoms with van der Waals surface area (Å²) in [6, 6.07) is 5.58. The van der Waals surface area contributed by atoms with Gasteiger partial charge in [0.2, 0.25) is 0 Å². The first kappa shape index (κ1) is 17.8. The fourth-order valence-electron chi connectivity index (χ4n) is 3.03. The lowest BCUT2D eigenvalue weighted by Crippen LogP contribution is -2.47. The molecular formula is C18H22N2O4S. The Morgan fingerprint density at radius 2 is 1.96 bits per heavy atom. The molecule has 1 aromatic carbocycles. The van der Waals surface area contributed by atoms with Crippen molar-refractivity contribution in [2.45, 2.75) is 26.1 Å². The summed E-state index contributed by atoms with van der Waals surface area (Å²) in [5.41, 5.74) is 0.790. The van der Waals surface area contributed by atoms with Crippen LogP contribution in [0.4, 0.5) is 0 Å². The maximum absolute atomic E-state index is 12.3. The number of hydrogen-bond acceptors (Lipinski definition) is 6. The average Bonchev–Trinajstić information content (AvgIpc) is 2.94. The minimum Gasteiger partial charge on any atom is -0.493 e. The SMILES string of the molecule is COc1cccc(/C=C2\SC(N3CC(C)OC(C)C3)=NC2=O)c1OC. The van der Waals surface area contributed by atoms with Crippen molar-refractivity contribution in [2.75, 3.05) is 27.3 Å². The number of methoxy groups -OCH3 is 2. The molecule has 0 bridgehead atoms. The van der Waals surface area contributed by atoms with Gasteiger partial charge < -0.3 is 19.1 Å². The van der Waals surface area contributed by atoms with Crippen LogP contribution in [0.2, 0.25) is 0 Å². The van der Waals surface area contributed by atoms with Crippen LogP contribution in [0.1, 0.15) is 19.4 Å². The molecule has 2 unspecified atom stereocenters. The van der Waals surface area contributed by atoms with E-state index in [1.165, 1.54) is 11.8 Å². The number of para-hydroxylation sites is 1. The summed E-state index contributed by atoms with van der Waals surface area (Å²) in [7, 11) is 3.17. The first-order chi connectivity index (χ1) is 12.0. The zero-order valence-corrected chi connectivity index (χ0v) is 15.6. The molecule has 1 fully saturated rings. The van der Waals surface area contributed by atoms with Crippen LogP contribution in [-0.2, 0) is 9.53 Å². The van der Waals surface area contributed by atoms with Gasteiger partial charge in [0, 0.05) is 18.7 Å². The van der Waals surface area contributed by atoms with Gasteiger partial charge in [0.15, 0.2) is 16.7 Å². The van der Waals surface area contributed by atoms with E-state index in [0.717, 1.165) is 23.8 Å². The standard InChI is InChI=1S/C18H22N2O4S/c1-11-9-20(10-12(2)24-11)18-19-17(21)15(25-18)8-13-6-5-7-14(22-3)16(13)23-4/h5-8,11-12H,9-10H2,1-4H3/b15-8-. The number of ether oxygens (including phenoxy) is 3. The van der Waals surface area contributed by atoms with Crippen LogP contribution in [-0.4, -0.2) is 55.5 Å². The molecule has 0 radical (unpaired) electrons. The molecule has 2 heterocycles. The third-order valence-corrected chi connectivity index (χ3v) is 5.06. The van der Waals surface area contributed by atoms with Crippen LogP contribution >= 0.6 is 11.8 Å². The van der Waals surface area contributed by atoms with E-state index in [-0.39, 0.29) is 18.1 Å². The predicted octanol–water partition coefficient (Wildman–Crippen LogP) is 2.78. The van der Waals surface area contributed by atoms with Crippen LogP contribution in [0.3, 0.4) is 0 Å². The summed E-state index contributed by atoms with van der Waals surface area (Å²) in [6.45, 7) is 5.53. The van der Waals surface area contributed by atoms with Crippen molar-refractivity contribution in [2.24, 2.45) is 4.99 Å². The molecule has 1 saturated heterocycles. The number of rotatable bonds is 3. The Hall–Kier alpha value is -1.99. The van der Waals surface area contributed by atoms with Crippen molar-refractivity contribution >= 4 is 28.9 Å². The van der Waals surface area contributed by atoms with Crippen LogP contribution in [0.5, 0.6) is 11.5 Å². The summed E-state index contributed by atoms with van der Waals surface area (Å²) >= 11 is 1.39. The topological polar surface area (TPSA) is 60.4 Å². The van der Waals surface area contributed by atoms with Crippen LogP contribution in [0, 0.1) is 0 Å². The molecule has 0 saturated carbocycles. The second-order valence-electron chi connectivity index (χ2n) is 6.06. The zero-order valence-electron chi connectivity index (χ0n) is 14.8. The summed E-state index contributed by atoms with van der Waals surface area (Å²) in [5.74, 6) is 1.01. The Labute approximate surface area is 151 Å². The largest absolute Gasteiger partial charge is 0.493 e. The maximum atomic E-state index is 12.3. The molecule has 2 aliphatic heterocycles. The number of morpholine rings is 1. The number of hydrogen-bond donors (Lipinski definition) is 0. The van der Waals surface area contributed by atoms with Crippen molar-refractivity contribution in [3.05, 3.63) is 28.7 Å². The molecule has 0 aromatic heterocycles. The van der Waals surface area contributed by atoms with Gasteiger partial charge >= 0.3 is 0 Å². The van der Waals surface area contributed by atoms with Crippen LogP contribution in [0.25, 0.3) is 6.08 Å². The summed E-state index contributed by atoms with van der Waals surface area (Å²) < 4.78 is 16.5. The van der Waals surface area contributed by atoms with E-state index >= 15 is 0 Å². The Balaban J connectivity index is 1.82. The van der Waals surface area contributed by atoms with Gasteiger partial charge in [-0.1, -0.05) is 12.1 Å². The molecule has 7 heteroatoms. The van der Waals surface area contributed by atoms with Gasteiger partial charge in [0.1, 0.15) is 0 Å². The van der Waals surface area contributed by atoms with E-state index in [9.17, 15) is 4.79 Å². The third-order valence-electron chi connectivity index (χ3n) is 4.02. The second kappa shape index (κ2) is 7.49. The molecule has 1 amide bonds. The van der Waals surface area contributed by atoms with Gasteiger partial charge in [-0.05, 0) is 37.8 Å². The number of thioether (sulfide) groups is 1. The monoisotopic (exact) mass is 362 g/mol. The highest BCUT2D eigenvalue weighted by Gasteiger charge is 2.31. The number of amides is 1. The molecular weight excluding hydrogens is 340 g/mol. The van der Waals surface area contributed by atoms with Crippen LogP contribution in [0.15, 0.2) is 28.1 Å². The number of nitrogens with zero attached hydrogens (tertiary/aromatic N) is 2. The number of amidine groups is 1. The van der Waals surface area contributed by atoms with Gasteiger partial charge in [-0.3, -0.25) is 4.79 Å². The smallest absolute Gasteiger partial charge is 0.286 e. The number of carbonyl (C=O) groups is 1. The molecule has 0 N–H and O–H groups in total. The van der Waals surface area contributed by atoms with E-state index in [1.54, 1.807) is 20.3 Å². The maximum Gasteiger partial charge on any atom is 0.286 e. The van der Waals surface area contributed by atoms with Gasteiger partial charge in [-0.25, -0.2) is 0 Å². The van der Waals surface area contributed by atoms with E-state index in [0.29, 0.717) is 16.4 Å². The Morgan fingerprint density at radius 3 is 2.60 bits per heavy atom. The van der Waals surface area contributed by atoms with Crippen molar-refractivity contribution < 1.29 is 19.0 Å². The molecule has 2 atom stereocenters. The van der Waals surface area contributed by atoms with E-state index in [2.05, 4.69) is 9.89 Å². The number of carbonyl (C=O) groups excluding carboxylic acids is 1. The average molecular weight is 362 g/mol. The van der Waals surface area contributed by atoms with Crippen molar-refractivity contribution in [1.82, 2.24) is 4.90 Å². The Bertz CT molecular complexity index is 722. The third kappa shape index (κ3) is 3.82. The number of aliphatic imine (C=N–C) groups is 1. The van der Waals surface area contributed by atoms with E-state index in [1.807, 2.05) is 32.0 Å². The molecule has 1 aromatic rings. The van der Waals surface area contributed by atoms with Crippen molar-refractivity contribution in [1.29, 1.82) is 0 Å². The Morgan fingerprint density at radius 1 is 1.24 bits per heavy atom. The lowest BCUT2D eigenvalue weighted by molar-refractivity contribution is -0.113. The molecule has 25 heavy (non-hydrogen) atoms. The summed E-state index contributed by atoms with van der Waals surface area (Å²) in [6.07, 6.45) is 2.04. The lowest BCUT2D eigenvalue weighted by Gasteiger charge is -2.35. The van der Waals surface area contributed by atoms with Crippen molar-refractivity contribution in [3.63, 3.8) is 0 Å². The fourth-order valence-corrected chi connectivity index (χ4v) is 3.96. The predicted molar refractivity (Wildman–Crippen MR) is 99.1 cm³/mol. The summed E-state index contributed by atoms with van der Waals surface area (Å²) in [5, 5.41) is 0.736. The summed E-state index contributed by atoms with van der Waals surface area (Å²) in [4.78, 5) is 19.3. The highest BCUT2D eigenvalue weighted by Crippen LogP contribution is 2.36. The highest BCUT2D eigenvalue weighted by molar-refractivity contribution is 8.18. The molecule has 2 aliphatic rings. The quantitative estimate of drug-likeness (QED) is 0.771. The molecule has 134 valence electrons. The van der Waals surface area contributed by atoms with E-state index in [4.69, 9.17) is 14.2 Å². The molecule has 3 rings (SSSR count). The van der Waals surface area contributed by atoms with Crippen molar-refractivity contribution in [3.8, 4) is 11.5 Å². The van der Waals surface area contributed by atoms with Gasteiger partial charge in [0.25, 0.3) is 5.91 Å². The molecule has 0 spiro atoms. The minimum absolute atomic E-state index is 0.119. The van der Waals surface area contributed by atoms with Gasteiger partial charge in [-0.15, -0.1) is 0 Å².